The summed E-state index contributed by atoms with van der Waals surface area (Å²) in [5, 5.41) is 2.34. The number of nitrogens with one attached hydrogen (secondary N) is 2. The summed E-state index contributed by atoms with van der Waals surface area (Å²) in [6, 6.07) is 19.5. The summed E-state index contributed by atoms with van der Waals surface area (Å²) in [5.41, 5.74) is 7.91. The molecular formula is C25H19N5. The van der Waals surface area contributed by atoms with Gasteiger partial charge in [0.2, 0.25) is 0 Å². The molecule has 0 amide bonds. The van der Waals surface area contributed by atoms with Crippen molar-refractivity contribution in [1.29, 1.82) is 0 Å². The summed E-state index contributed by atoms with van der Waals surface area (Å²) < 4.78 is 2.07. The lowest BCUT2D eigenvalue weighted by atomic mass is 10.0. The molecule has 5 heteroatoms. The molecule has 0 aliphatic heterocycles. The van der Waals surface area contributed by atoms with E-state index in [1.807, 2.05) is 31.1 Å². The fourth-order valence-corrected chi connectivity index (χ4v) is 4.01. The smallest absolute Gasteiger partial charge is 0.137 e. The molecule has 6 aromatic rings. The maximum atomic E-state index is 4.67. The lowest BCUT2D eigenvalue weighted by Crippen LogP contribution is -1.95. The standard InChI is InChI=1S/C25H19N5/c1-3-18(4-2-17(1)15-30-10-9-26-16-30)21-12-22-23(14-29-25(22)28-13-21)19-5-6-24-20(11-19)7-8-27-24/h1-14,16,27H,15H2,(H,28,29). The number of aromatic amines is 2. The van der Waals surface area contributed by atoms with E-state index in [1.165, 1.54) is 22.1 Å². The summed E-state index contributed by atoms with van der Waals surface area (Å²) in [5.74, 6) is 0. The molecular weight excluding hydrogens is 370 g/mol. The third-order valence-electron chi connectivity index (χ3n) is 5.61. The van der Waals surface area contributed by atoms with Crippen LogP contribution < -0.4 is 0 Å². The first-order valence-corrected chi connectivity index (χ1v) is 9.93. The van der Waals surface area contributed by atoms with Gasteiger partial charge in [-0.2, -0.15) is 0 Å². The lowest BCUT2D eigenvalue weighted by molar-refractivity contribution is 0.797. The van der Waals surface area contributed by atoms with Crippen LogP contribution in [0, 0.1) is 0 Å². The number of pyridine rings is 1. The molecule has 0 spiro atoms. The van der Waals surface area contributed by atoms with Crippen molar-refractivity contribution in [2.75, 3.05) is 0 Å². The van der Waals surface area contributed by atoms with E-state index in [4.69, 9.17) is 0 Å². The number of imidazole rings is 1. The number of H-pyrrole nitrogens is 2. The van der Waals surface area contributed by atoms with Crippen LogP contribution in [0.2, 0.25) is 0 Å². The molecule has 6 rings (SSSR count). The Kier molecular flexibility index (Phi) is 3.77. The highest BCUT2D eigenvalue weighted by Crippen LogP contribution is 2.32. The number of rotatable bonds is 4. The Morgan fingerprint density at radius 2 is 1.77 bits per heavy atom. The minimum absolute atomic E-state index is 0.821. The van der Waals surface area contributed by atoms with E-state index in [9.17, 15) is 0 Å². The molecule has 2 N–H and O–H groups in total. The van der Waals surface area contributed by atoms with Crippen LogP contribution in [-0.4, -0.2) is 24.5 Å². The van der Waals surface area contributed by atoms with Gasteiger partial charge < -0.3 is 14.5 Å². The van der Waals surface area contributed by atoms with E-state index in [0.717, 1.165) is 34.2 Å². The number of hydrogen-bond acceptors (Lipinski definition) is 2. The van der Waals surface area contributed by atoms with Crippen molar-refractivity contribution in [3.63, 3.8) is 0 Å². The van der Waals surface area contributed by atoms with Crippen molar-refractivity contribution in [3.05, 3.63) is 97.5 Å². The first kappa shape index (κ1) is 16.8. The SMILES string of the molecule is c1cn(Cc2ccc(-c3cnc4[nH]cc(-c5ccc6[nH]ccc6c5)c4c3)cc2)cn1. The number of hydrogen-bond donors (Lipinski definition) is 2. The second kappa shape index (κ2) is 6.74. The Balaban J connectivity index is 1.37. The predicted octanol–water partition coefficient (Wildman–Crippen LogP) is 5.62. The van der Waals surface area contributed by atoms with Gasteiger partial charge in [0.15, 0.2) is 0 Å². The monoisotopic (exact) mass is 389 g/mol. The van der Waals surface area contributed by atoms with Crippen LogP contribution in [0.3, 0.4) is 0 Å². The maximum absolute atomic E-state index is 4.67. The molecule has 0 bridgehead atoms. The van der Waals surface area contributed by atoms with Crippen molar-refractivity contribution in [2.24, 2.45) is 0 Å². The molecule has 0 fully saturated rings. The summed E-state index contributed by atoms with van der Waals surface area (Å²) in [4.78, 5) is 15.3. The van der Waals surface area contributed by atoms with Crippen LogP contribution in [0.25, 0.3) is 44.2 Å². The van der Waals surface area contributed by atoms with E-state index in [0.29, 0.717) is 0 Å². The third-order valence-corrected chi connectivity index (χ3v) is 5.61. The normalized spacial score (nSPS) is 11.5. The van der Waals surface area contributed by atoms with Gasteiger partial charge in [-0.3, -0.25) is 0 Å². The molecule has 5 nitrogen and oxygen atoms in total. The molecule has 2 aromatic carbocycles. The molecule has 0 saturated heterocycles. The molecule has 0 unspecified atom stereocenters. The maximum Gasteiger partial charge on any atom is 0.137 e. The van der Waals surface area contributed by atoms with Gasteiger partial charge in [0, 0.05) is 59.6 Å². The largest absolute Gasteiger partial charge is 0.361 e. The highest BCUT2D eigenvalue weighted by molar-refractivity contribution is 5.98. The number of nitrogens with zero attached hydrogens (tertiary/aromatic N) is 3. The third kappa shape index (κ3) is 2.88. The lowest BCUT2D eigenvalue weighted by Gasteiger charge is -2.06. The molecule has 4 heterocycles. The van der Waals surface area contributed by atoms with Crippen molar-refractivity contribution >= 4 is 21.9 Å². The van der Waals surface area contributed by atoms with Gasteiger partial charge in [-0.15, -0.1) is 0 Å². The zero-order chi connectivity index (χ0) is 19.9. The Bertz CT molecular complexity index is 1450. The van der Waals surface area contributed by atoms with Crippen LogP contribution in [0.5, 0.6) is 0 Å². The summed E-state index contributed by atoms with van der Waals surface area (Å²) in [6.45, 7) is 0.821. The van der Waals surface area contributed by atoms with Gasteiger partial charge in [-0.05, 0) is 46.3 Å². The van der Waals surface area contributed by atoms with Crippen LogP contribution in [0.1, 0.15) is 5.56 Å². The molecule has 0 atom stereocenters. The minimum atomic E-state index is 0.821. The molecule has 144 valence electrons. The Morgan fingerprint density at radius 1 is 0.867 bits per heavy atom. The van der Waals surface area contributed by atoms with Crippen molar-refractivity contribution in [2.45, 2.75) is 6.54 Å². The number of benzene rings is 2. The fourth-order valence-electron chi connectivity index (χ4n) is 4.01. The molecule has 0 saturated carbocycles. The quantitative estimate of drug-likeness (QED) is 0.411. The average molecular weight is 389 g/mol. The first-order chi connectivity index (χ1) is 14.8. The van der Waals surface area contributed by atoms with E-state index in [-0.39, 0.29) is 0 Å². The van der Waals surface area contributed by atoms with Gasteiger partial charge in [0.25, 0.3) is 0 Å². The van der Waals surface area contributed by atoms with Gasteiger partial charge >= 0.3 is 0 Å². The fraction of sp³-hybridized carbons (Fsp3) is 0.0400. The van der Waals surface area contributed by atoms with Gasteiger partial charge in [0.05, 0.1) is 6.33 Å². The van der Waals surface area contributed by atoms with Crippen LogP contribution >= 0.6 is 0 Å². The molecule has 0 radical (unpaired) electrons. The van der Waals surface area contributed by atoms with Crippen LogP contribution in [0.4, 0.5) is 0 Å². The Labute approximate surface area is 173 Å². The molecule has 4 aromatic heterocycles. The summed E-state index contributed by atoms with van der Waals surface area (Å²) in [7, 11) is 0. The summed E-state index contributed by atoms with van der Waals surface area (Å²) >= 11 is 0. The zero-order valence-electron chi connectivity index (χ0n) is 16.2. The van der Waals surface area contributed by atoms with Crippen molar-refractivity contribution in [1.82, 2.24) is 24.5 Å². The topological polar surface area (TPSA) is 62.3 Å². The molecule has 0 aliphatic rings. The van der Waals surface area contributed by atoms with E-state index >= 15 is 0 Å². The highest BCUT2D eigenvalue weighted by atomic mass is 15.0. The van der Waals surface area contributed by atoms with Crippen molar-refractivity contribution in [3.8, 4) is 22.3 Å². The minimum Gasteiger partial charge on any atom is -0.361 e. The molecule has 0 aliphatic carbocycles. The van der Waals surface area contributed by atoms with E-state index in [2.05, 4.69) is 79.1 Å². The van der Waals surface area contributed by atoms with E-state index < -0.39 is 0 Å². The van der Waals surface area contributed by atoms with Crippen LogP contribution in [0.15, 0.2) is 91.9 Å². The first-order valence-electron chi connectivity index (χ1n) is 9.93. The second-order valence-corrected chi connectivity index (χ2v) is 7.53. The Hall–Kier alpha value is -4.12. The Morgan fingerprint density at radius 3 is 2.63 bits per heavy atom. The van der Waals surface area contributed by atoms with Crippen LogP contribution in [-0.2, 0) is 6.54 Å². The number of fused-ring (bicyclic) bond motifs is 2. The van der Waals surface area contributed by atoms with Crippen molar-refractivity contribution < 1.29 is 0 Å². The summed E-state index contributed by atoms with van der Waals surface area (Å²) in [6.07, 6.45) is 11.6. The highest BCUT2D eigenvalue weighted by Gasteiger charge is 2.10. The second-order valence-electron chi connectivity index (χ2n) is 7.53. The van der Waals surface area contributed by atoms with E-state index in [1.54, 1.807) is 6.20 Å². The van der Waals surface area contributed by atoms with Gasteiger partial charge in [-0.1, -0.05) is 30.3 Å². The average Bonchev–Trinajstić information content (AvgIpc) is 3.54. The zero-order valence-corrected chi connectivity index (χ0v) is 16.2. The molecule has 30 heavy (non-hydrogen) atoms. The number of aromatic nitrogens is 5. The predicted molar refractivity (Wildman–Crippen MR) is 120 cm³/mol. The van der Waals surface area contributed by atoms with Gasteiger partial charge in [-0.25, -0.2) is 9.97 Å². The van der Waals surface area contributed by atoms with Gasteiger partial charge in [0.1, 0.15) is 5.65 Å².